The van der Waals surface area contributed by atoms with Gasteiger partial charge < -0.3 is 16.2 Å². The number of aliphatic hydroxyl groups is 1. The molecule has 1 aromatic heterocycles. The van der Waals surface area contributed by atoms with Crippen molar-refractivity contribution in [2.75, 3.05) is 24.2 Å². The zero-order chi connectivity index (χ0) is 10.6. The Balaban J connectivity index is 2.62. The lowest BCUT2D eigenvalue weighted by Gasteiger charge is -2.11. The summed E-state index contributed by atoms with van der Waals surface area (Å²) in [4.78, 5) is 4.03. The standard InChI is InChI=1S/C9H14ClN3O/c1-6(5-14)4-12-9-7(11)2-3-8(10)13-9/h2-3,6,14H,4-5,11H2,1H3,(H,12,13). The summed E-state index contributed by atoms with van der Waals surface area (Å²) < 4.78 is 0. The molecule has 0 fully saturated rings. The molecule has 1 unspecified atom stereocenters. The molecular formula is C9H14ClN3O. The Morgan fingerprint density at radius 3 is 3.00 bits per heavy atom. The number of nitrogens with one attached hydrogen (secondary N) is 1. The Morgan fingerprint density at radius 1 is 1.64 bits per heavy atom. The Morgan fingerprint density at radius 2 is 2.36 bits per heavy atom. The molecule has 0 radical (unpaired) electrons. The lowest BCUT2D eigenvalue weighted by atomic mass is 10.2. The number of rotatable bonds is 4. The lowest BCUT2D eigenvalue weighted by Crippen LogP contribution is -2.16. The maximum Gasteiger partial charge on any atom is 0.150 e. The SMILES string of the molecule is CC(CO)CNc1nc(Cl)ccc1N. The van der Waals surface area contributed by atoms with Crippen molar-refractivity contribution in [1.82, 2.24) is 4.98 Å². The van der Waals surface area contributed by atoms with Gasteiger partial charge in [0.2, 0.25) is 0 Å². The Bertz CT molecular complexity index is 306. The lowest BCUT2D eigenvalue weighted by molar-refractivity contribution is 0.244. The van der Waals surface area contributed by atoms with Crippen LogP contribution in [0.5, 0.6) is 0 Å². The zero-order valence-corrected chi connectivity index (χ0v) is 8.75. The molecule has 1 atom stereocenters. The molecule has 0 amide bonds. The maximum absolute atomic E-state index is 8.82. The van der Waals surface area contributed by atoms with E-state index in [9.17, 15) is 0 Å². The quantitative estimate of drug-likeness (QED) is 0.664. The first kappa shape index (κ1) is 11.1. The zero-order valence-electron chi connectivity index (χ0n) is 8.00. The summed E-state index contributed by atoms with van der Waals surface area (Å²) in [6.45, 7) is 2.68. The maximum atomic E-state index is 8.82. The van der Waals surface area contributed by atoms with Crippen molar-refractivity contribution in [3.8, 4) is 0 Å². The first-order valence-corrected chi connectivity index (χ1v) is 4.78. The number of nitrogen functional groups attached to an aromatic ring is 1. The molecular weight excluding hydrogens is 202 g/mol. The minimum atomic E-state index is 0.132. The van der Waals surface area contributed by atoms with Crippen LogP contribution < -0.4 is 11.1 Å². The van der Waals surface area contributed by atoms with Gasteiger partial charge in [0.25, 0.3) is 0 Å². The molecule has 4 nitrogen and oxygen atoms in total. The van der Waals surface area contributed by atoms with Crippen LogP contribution in [-0.2, 0) is 0 Å². The van der Waals surface area contributed by atoms with Gasteiger partial charge in [-0.25, -0.2) is 4.98 Å². The van der Waals surface area contributed by atoms with Gasteiger partial charge in [-0.1, -0.05) is 18.5 Å². The molecule has 0 aliphatic rings. The summed E-state index contributed by atoms with van der Waals surface area (Å²) in [6.07, 6.45) is 0. The van der Waals surface area contributed by atoms with E-state index in [0.717, 1.165) is 0 Å². The van der Waals surface area contributed by atoms with E-state index in [1.807, 2.05) is 6.92 Å². The van der Waals surface area contributed by atoms with Gasteiger partial charge in [-0.2, -0.15) is 0 Å². The van der Waals surface area contributed by atoms with Crippen LogP contribution in [0.1, 0.15) is 6.92 Å². The Hall–Kier alpha value is -1.00. The molecule has 0 aliphatic carbocycles. The number of anilines is 2. The molecule has 0 spiro atoms. The van der Waals surface area contributed by atoms with Crippen molar-refractivity contribution in [3.63, 3.8) is 0 Å². The molecule has 1 aromatic rings. The third kappa shape index (κ3) is 3.05. The van der Waals surface area contributed by atoms with Crippen molar-refractivity contribution in [2.45, 2.75) is 6.92 Å². The summed E-state index contributed by atoms with van der Waals surface area (Å²) >= 11 is 5.71. The van der Waals surface area contributed by atoms with Crippen LogP contribution in [0.3, 0.4) is 0 Å². The van der Waals surface area contributed by atoms with Crippen LogP contribution in [0.2, 0.25) is 5.15 Å². The van der Waals surface area contributed by atoms with Gasteiger partial charge in [0.1, 0.15) is 5.15 Å². The highest BCUT2D eigenvalue weighted by Gasteiger charge is 2.04. The summed E-state index contributed by atoms with van der Waals surface area (Å²) in [7, 11) is 0. The van der Waals surface area contributed by atoms with Crippen molar-refractivity contribution in [2.24, 2.45) is 5.92 Å². The fourth-order valence-electron chi connectivity index (χ4n) is 0.923. The van der Waals surface area contributed by atoms with Gasteiger partial charge in [-0.15, -0.1) is 0 Å². The number of pyridine rings is 1. The normalized spacial score (nSPS) is 12.5. The molecule has 1 rings (SSSR count). The fourth-order valence-corrected chi connectivity index (χ4v) is 1.07. The second-order valence-electron chi connectivity index (χ2n) is 3.24. The molecule has 0 bridgehead atoms. The van der Waals surface area contributed by atoms with Crippen LogP contribution in [0.4, 0.5) is 11.5 Å². The van der Waals surface area contributed by atoms with Gasteiger partial charge in [0.15, 0.2) is 5.82 Å². The summed E-state index contributed by atoms with van der Waals surface area (Å²) in [5.41, 5.74) is 6.23. The van der Waals surface area contributed by atoms with E-state index in [1.165, 1.54) is 0 Å². The minimum Gasteiger partial charge on any atom is -0.396 e. The summed E-state index contributed by atoms with van der Waals surface area (Å²) in [5, 5.41) is 12.2. The van der Waals surface area contributed by atoms with E-state index in [1.54, 1.807) is 12.1 Å². The predicted molar refractivity (Wildman–Crippen MR) is 58.4 cm³/mol. The van der Waals surface area contributed by atoms with Crippen LogP contribution in [0, 0.1) is 5.92 Å². The highest BCUT2D eigenvalue weighted by molar-refractivity contribution is 6.29. The molecule has 78 valence electrons. The predicted octanol–water partition coefficient (Wildman–Crippen LogP) is 1.36. The highest BCUT2D eigenvalue weighted by atomic mass is 35.5. The minimum absolute atomic E-state index is 0.132. The Labute approximate surface area is 88.1 Å². The smallest absolute Gasteiger partial charge is 0.150 e. The first-order chi connectivity index (χ1) is 6.63. The number of nitrogens with two attached hydrogens (primary N) is 1. The van der Waals surface area contributed by atoms with Gasteiger partial charge >= 0.3 is 0 Å². The van der Waals surface area contributed by atoms with Crippen LogP contribution in [0.25, 0.3) is 0 Å². The van der Waals surface area contributed by atoms with Crippen molar-refractivity contribution < 1.29 is 5.11 Å². The third-order valence-electron chi connectivity index (χ3n) is 1.82. The van der Waals surface area contributed by atoms with E-state index in [-0.39, 0.29) is 12.5 Å². The van der Waals surface area contributed by atoms with E-state index >= 15 is 0 Å². The molecule has 0 saturated heterocycles. The number of hydrogen-bond donors (Lipinski definition) is 3. The third-order valence-corrected chi connectivity index (χ3v) is 2.03. The van der Waals surface area contributed by atoms with E-state index in [4.69, 9.17) is 22.4 Å². The average Bonchev–Trinajstić information content (AvgIpc) is 2.19. The van der Waals surface area contributed by atoms with Gasteiger partial charge in [-0.05, 0) is 18.1 Å². The second kappa shape index (κ2) is 5.02. The van der Waals surface area contributed by atoms with E-state index in [0.29, 0.717) is 23.2 Å². The van der Waals surface area contributed by atoms with Crippen molar-refractivity contribution >= 4 is 23.1 Å². The van der Waals surface area contributed by atoms with Crippen molar-refractivity contribution in [3.05, 3.63) is 17.3 Å². The first-order valence-electron chi connectivity index (χ1n) is 4.40. The summed E-state index contributed by atoms with van der Waals surface area (Å²) in [6, 6.07) is 3.33. The molecule has 0 aliphatic heterocycles. The van der Waals surface area contributed by atoms with E-state index in [2.05, 4.69) is 10.3 Å². The number of aromatic nitrogens is 1. The summed E-state index contributed by atoms with van der Waals surface area (Å²) in [5.74, 6) is 0.730. The highest BCUT2D eigenvalue weighted by Crippen LogP contribution is 2.18. The van der Waals surface area contributed by atoms with Gasteiger partial charge in [0.05, 0.1) is 5.69 Å². The molecule has 0 saturated carbocycles. The fraction of sp³-hybridized carbons (Fsp3) is 0.444. The largest absolute Gasteiger partial charge is 0.396 e. The molecule has 0 aromatic carbocycles. The average molecular weight is 216 g/mol. The molecule has 1 heterocycles. The van der Waals surface area contributed by atoms with Gasteiger partial charge in [-0.3, -0.25) is 0 Å². The van der Waals surface area contributed by atoms with Crippen molar-refractivity contribution in [1.29, 1.82) is 0 Å². The Kier molecular flexibility index (Phi) is 3.98. The van der Waals surface area contributed by atoms with E-state index < -0.39 is 0 Å². The molecule has 14 heavy (non-hydrogen) atoms. The number of hydrogen-bond acceptors (Lipinski definition) is 4. The molecule has 5 heteroatoms. The topological polar surface area (TPSA) is 71.2 Å². The van der Waals surface area contributed by atoms with Crippen LogP contribution >= 0.6 is 11.6 Å². The number of halogens is 1. The van der Waals surface area contributed by atoms with Crippen LogP contribution in [-0.4, -0.2) is 23.2 Å². The second-order valence-corrected chi connectivity index (χ2v) is 3.63. The monoisotopic (exact) mass is 215 g/mol. The number of aliphatic hydroxyl groups excluding tert-OH is 1. The van der Waals surface area contributed by atoms with Gasteiger partial charge in [0, 0.05) is 13.2 Å². The van der Waals surface area contributed by atoms with Crippen LogP contribution in [0.15, 0.2) is 12.1 Å². The molecule has 4 N–H and O–H groups in total. The number of nitrogens with zero attached hydrogens (tertiary/aromatic N) is 1.